The molecule has 2 rings (SSSR count). The molecule has 0 unspecified atom stereocenters. The van der Waals surface area contributed by atoms with Crippen LogP contribution in [-0.4, -0.2) is 18.0 Å². The Bertz CT molecular complexity index is 603. The SMILES string of the molecule is COc1cc(Br)ccc1C(=O)Nc1nc(CCl)cs1. The third kappa shape index (κ3) is 3.46. The van der Waals surface area contributed by atoms with Gasteiger partial charge in [-0.3, -0.25) is 10.1 Å². The number of carbonyl (C=O) groups is 1. The molecule has 1 aromatic heterocycles. The molecule has 1 heterocycles. The van der Waals surface area contributed by atoms with Crippen LogP contribution >= 0.6 is 38.9 Å². The van der Waals surface area contributed by atoms with E-state index >= 15 is 0 Å². The Hall–Kier alpha value is -1.11. The van der Waals surface area contributed by atoms with Crippen LogP contribution in [0.3, 0.4) is 0 Å². The first-order valence-corrected chi connectivity index (χ1v) is 7.50. The quantitative estimate of drug-likeness (QED) is 0.840. The van der Waals surface area contributed by atoms with E-state index in [0.717, 1.165) is 10.2 Å². The smallest absolute Gasteiger partial charge is 0.261 e. The first-order chi connectivity index (χ1) is 9.13. The number of thiazole rings is 1. The molecule has 1 N–H and O–H groups in total. The van der Waals surface area contributed by atoms with Gasteiger partial charge in [-0.25, -0.2) is 4.98 Å². The summed E-state index contributed by atoms with van der Waals surface area (Å²) < 4.78 is 6.03. The molecule has 0 atom stereocenters. The fraction of sp³-hybridized carbons (Fsp3) is 0.167. The van der Waals surface area contributed by atoms with Crippen LogP contribution in [0.1, 0.15) is 16.1 Å². The van der Waals surface area contributed by atoms with Gasteiger partial charge >= 0.3 is 0 Å². The molecule has 7 heteroatoms. The minimum Gasteiger partial charge on any atom is -0.496 e. The van der Waals surface area contributed by atoms with E-state index in [-0.39, 0.29) is 5.91 Å². The zero-order valence-electron chi connectivity index (χ0n) is 9.94. The number of hydrogen-bond donors (Lipinski definition) is 1. The number of amides is 1. The molecule has 0 bridgehead atoms. The van der Waals surface area contributed by atoms with Crippen molar-refractivity contribution in [1.82, 2.24) is 4.98 Å². The summed E-state index contributed by atoms with van der Waals surface area (Å²) in [6.07, 6.45) is 0. The fourth-order valence-electron chi connectivity index (χ4n) is 1.44. The minimum absolute atomic E-state index is 0.264. The number of hydrogen-bond acceptors (Lipinski definition) is 4. The van der Waals surface area contributed by atoms with Gasteiger partial charge in [-0.05, 0) is 18.2 Å². The Morgan fingerprint density at radius 3 is 3.00 bits per heavy atom. The van der Waals surface area contributed by atoms with E-state index in [1.165, 1.54) is 18.4 Å². The van der Waals surface area contributed by atoms with Gasteiger partial charge in [0.05, 0.1) is 24.2 Å². The number of rotatable bonds is 4. The lowest BCUT2D eigenvalue weighted by Crippen LogP contribution is -2.13. The van der Waals surface area contributed by atoms with E-state index in [1.54, 1.807) is 23.6 Å². The molecule has 0 aliphatic rings. The number of anilines is 1. The van der Waals surface area contributed by atoms with Crippen LogP contribution in [0.15, 0.2) is 28.1 Å². The van der Waals surface area contributed by atoms with E-state index in [2.05, 4.69) is 26.2 Å². The highest BCUT2D eigenvalue weighted by Crippen LogP contribution is 2.25. The molecule has 0 radical (unpaired) electrons. The lowest BCUT2D eigenvalue weighted by molar-refractivity contribution is 0.102. The van der Waals surface area contributed by atoms with E-state index in [9.17, 15) is 4.79 Å². The summed E-state index contributed by atoms with van der Waals surface area (Å²) in [6.45, 7) is 0. The Morgan fingerprint density at radius 1 is 1.58 bits per heavy atom. The Balaban J connectivity index is 2.20. The molecule has 1 aromatic carbocycles. The number of halogens is 2. The van der Waals surface area contributed by atoms with Gasteiger partial charge in [0.15, 0.2) is 5.13 Å². The summed E-state index contributed by atoms with van der Waals surface area (Å²) in [7, 11) is 1.52. The molecule has 0 fully saturated rings. The van der Waals surface area contributed by atoms with E-state index in [0.29, 0.717) is 22.3 Å². The third-order valence-electron chi connectivity index (χ3n) is 2.32. The zero-order valence-corrected chi connectivity index (χ0v) is 13.1. The lowest BCUT2D eigenvalue weighted by Gasteiger charge is -2.08. The second kappa shape index (κ2) is 6.36. The van der Waals surface area contributed by atoms with Gasteiger partial charge in [0, 0.05) is 9.85 Å². The van der Waals surface area contributed by atoms with Crippen molar-refractivity contribution in [3.63, 3.8) is 0 Å². The van der Waals surface area contributed by atoms with Crippen LogP contribution < -0.4 is 10.1 Å². The highest BCUT2D eigenvalue weighted by Gasteiger charge is 2.14. The molecular formula is C12H10BrClN2O2S. The Labute approximate surface area is 127 Å². The first-order valence-electron chi connectivity index (χ1n) is 5.29. The number of ether oxygens (including phenoxy) is 1. The highest BCUT2D eigenvalue weighted by atomic mass is 79.9. The average Bonchev–Trinajstić information content (AvgIpc) is 2.86. The van der Waals surface area contributed by atoms with E-state index < -0.39 is 0 Å². The van der Waals surface area contributed by atoms with Crippen molar-refractivity contribution in [1.29, 1.82) is 0 Å². The molecule has 0 saturated carbocycles. The maximum absolute atomic E-state index is 12.1. The second-order valence-electron chi connectivity index (χ2n) is 3.58. The fourth-order valence-corrected chi connectivity index (χ4v) is 2.72. The van der Waals surface area contributed by atoms with Crippen molar-refractivity contribution in [2.24, 2.45) is 0 Å². The number of carbonyl (C=O) groups excluding carboxylic acids is 1. The normalized spacial score (nSPS) is 10.3. The van der Waals surface area contributed by atoms with Crippen molar-refractivity contribution in [3.8, 4) is 5.75 Å². The van der Waals surface area contributed by atoms with Crippen LogP contribution in [0.25, 0.3) is 0 Å². The molecule has 0 aliphatic carbocycles. The van der Waals surface area contributed by atoms with Gasteiger partial charge in [0.25, 0.3) is 5.91 Å². The Morgan fingerprint density at radius 2 is 2.37 bits per heavy atom. The molecule has 1 amide bonds. The molecule has 2 aromatic rings. The van der Waals surface area contributed by atoms with Gasteiger partial charge in [-0.1, -0.05) is 15.9 Å². The summed E-state index contributed by atoms with van der Waals surface area (Å²) in [6, 6.07) is 5.21. The minimum atomic E-state index is -0.264. The van der Waals surface area contributed by atoms with Gasteiger partial charge < -0.3 is 4.74 Å². The van der Waals surface area contributed by atoms with Gasteiger partial charge in [-0.2, -0.15) is 0 Å². The summed E-state index contributed by atoms with van der Waals surface area (Å²) in [4.78, 5) is 16.3. The van der Waals surface area contributed by atoms with Crippen molar-refractivity contribution >= 4 is 49.9 Å². The van der Waals surface area contributed by atoms with Crippen LogP contribution in [0.2, 0.25) is 0 Å². The van der Waals surface area contributed by atoms with Crippen LogP contribution in [0.5, 0.6) is 5.75 Å². The Kier molecular flexibility index (Phi) is 4.79. The first kappa shape index (κ1) is 14.3. The summed E-state index contributed by atoms with van der Waals surface area (Å²) in [5, 5.41) is 5.05. The predicted octanol–water partition coefficient (Wildman–Crippen LogP) is 3.91. The van der Waals surface area contributed by atoms with Crippen LogP contribution in [0.4, 0.5) is 5.13 Å². The van der Waals surface area contributed by atoms with E-state index in [4.69, 9.17) is 16.3 Å². The van der Waals surface area contributed by atoms with Crippen LogP contribution in [0, 0.1) is 0 Å². The molecule has 0 spiro atoms. The second-order valence-corrected chi connectivity index (χ2v) is 5.62. The van der Waals surface area contributed by atoms with Crippen molar-refractivity contribution in [2.75, 3.05) is 12.4 Å². The van der Waals surface area contributed by atoms with Gasteiger partial charge in [0.1, 0.15) is 5.75 Å². The molecule has 19 heavy (non-hydrogen) atoms. The summed E-state index contributed by atoms with van der Waals surface area (Å²) in [5.74, 6) is 0.564. The monoisotopic (exact) mass is 360 g/mol. The largest absolute Gasteiger partial charge is 0.496 e. The van der Waals surface area contributed by atoms with Crippen LogP contribution in [-0.2, 0) is 5.88 Å². The van der Waals surface area contributed by atoms with Crippen molar-refractivity contribution < 1.29 is 9.53 Å². The molecular weight excluding hydrogens is 352 g/mol. The topological polar surface area (TPSA) is 51.2 Å². The summed E-state index contributed by atoms with van der Waals surface area (Å²) in [5.41, 5.74) is 1.19. The number of nitrogens with zero attached hydrogens (tertiary/aromatic N) is 1. The maximum Gasteiger partial charge on any atom is 0.261 e. The zero-order chi connectivity index (χ0) is 13.8. The standard InChI is InChI=1S/C12H10BrClN2O2S/c1-18-10-4-7(13)2-3-9(10)11(17)16-12-15-8(5-14)6-19-12/h2-4,6H,5H2,1H3,(H,15,16,17). The van der Waals surface area contributed by atoms with Crippen molar-refractivity contribution in [3.05, 3.63) is 39.3 Å². The lowest BCUT2D eigenvalue weighted by atomic mass is 10.2. The molecule has 0 saturated heterocycles. The maximum atomic E-state index is 12.1. The number of benzene rings is 1. The molecule has 100 valence electrons. The average molecular weight is 362 g/mol. The number of methoxy groups -OCH3 is 1. The van der Waals surface area contributed by atoms with E-state index in [1.807, 2.05) is 0 Å². The highest BCUT2D eigenvalue weighted by molar-refractivity contribution is 9.10. The number of alkyl halides is 1. The van der Waals surface area contributed by atoms with Gasteiger partial charge in [0.2, 0.25) is 0 Å². The number of nitrogens with one attached hydrogen (secondary N) is 1. The third-order valence-corrected chi connectivity index (χ3v) is 3.89. The van der Waals surface area contributed by atoms with Gasteiger partial charge in [-0.15, -0.1) is 22.9 Å². The number of aromatic nitrogens is 1. The predicted molar refractivity (Wildman–Crippen MR) is 80.3 cm³/mol. The molecule has 4 nitrogen and oxygen atoms in total. The van der Waals surface area contributed by atoms with Crippen molar-refractivity contribution in [2.45, 2.75) is 5.88 Å². The summed E-state index contributed by atoms with van der Waals surface area (Å²) >= 11 is 10.3. The molecule has 0 aliphatic heterocycles.